The van der Waals surface area contributed by atoms with Crippen LogP contribution < -0.4 is 10.2 Å². The monoisotopic (exact) mass is 320 g/mol. The molecule has 0 unspecified atom stereocenters. The van der Waals surface area contributed by atoms with E-state index in [9.17, 15) is 12.8 Å². The number of pyridine rings is 1. The third kappa shape index (κ3) is 2.52. The van der Waals surface area contributed by atoms with E-state index in [1.807, 2.05) is 6.92 Å². The minimum Gasteiger partial charge on any atom is -0.324 e. The lowest BCUT2D eigenvalue weighted by atomic mass is 10.3. The van der Waals surface area contributed by atoms with E-state index in [1.165, 1.54) is 6.07 Å². The van der Waals surface area contributed by atoms with Gasteiger partial charge in [-0.15, -0.1) is 4.40 Å². The molecule has 0 aliphatic carbocycles. The van der Waals surface area contributed by atoms with Crippen molar-refractivity contribution in [1.29, 1.82) is 0 Å². The molecule has 0 radical (unpaired) electrons. The van der Waals surface area contributed by atoms with Gasteiger partial charge in [-0.25, -0.2) is 9.37 Å². The first-order valence-electron chi connectivity index (χ1n) is 6.61. The minimum absolute atomic E-state index is 0.0466. The van der Waals surface area contributed by atoms with E-state index in [0.29, 0.717) is 12.4 Å². The second-order valence-corrected chi connectivity index (χ2v) is 6.16. The Labute approximate surface area is 127 Å². The van der Waals surface area contributed by atoms with Gasteiger partial charge in [0, 0.05) is 12.7 Å². The number of benzene rings is 1. The first-order valence-corrected chi connectivity index (χ1v) is 8.05. The molecule has 114 valence electrons. The molecule has 0 saturated heterocycles. The second kappa shape index (κ2) is 5.38. The fourth-order valence-electron chi connectivity index (χ4n) is 2.18. The summed E-state index contributed by atoms with van der Waals surface area (Å²) in [4.78, 5) is 5.74. The molecule has 3 rings (SSSR count). The Hall–Kier alpha value is -2.48. The highest BCUT2D eigenvalue weighted by atomic mass is 32.2. The Bertz CT molecular complexity index is 837. The molecule has 0 bridgehead atoms. The minimum atomic E-state index is -3.88. The number of sulfonamides is 1. The number of aromatic nitrogens is 1. The highest BCUT2D eigenvalue weighted by Gasteiger charge is 2.28. The summed E-state index contributed by atoms with van der Waals surface area (Å²) in [6.45, 7) is 2.29. The molecule has 1 aromatic carbocycles. The van der Waals surface area contributed by atoms with Gasteiger partial charge in [-0.2, -0.15) is 8.42 Å². The summed E-state index contributed by atoms with van der Waals surface area (Å²) in [6.07, 6.45) is 1.60. The van der Waals surface area contributed by atoms with Crippen LogP contribution in [0.3, 0.4) is 0 Å². The van der Waals surface area contributed by atoms with Crippen molar-refractivity contribution in [1.82, 2.24) is 4.98 Å². The predicted molar refractivity (Wildman–Crippen MR) is 81.9 cm³/mol. The van der Waals surface area contributed by atoms with Crippen molar-refractivity contribution < 1.29 is 12.8 Å². The van der Waals surface area contributed by atoms with Crippen molar-refractivity contribution in [2.45, 2.75) is 11.8 Å². The number of fused-ring (bicyclic) bond motifs is 1. The largest absolute Gasteiger partial charge is 0.324 e. The molecule has 1 aliphatic heterocycles. The molecule has 0 spiro atoms. The van der Waals surface area contributed by atoms with Crippen molar-refractivity contribution in [3.05, 3.63) is 48.4 Å². The van der Waals surface area contributed by atoms with Crippen LogP contribution in [0.4, 0.5) is 15.9 Å². The summed E-state index contributed by atoms with van der Waals surface area (Å²) < 4.78 is 41.7. The van der Waals surface area contributed by atoms with Crippen LogP contribution in [0.2, 0.25) is 0 Å². The van der Waals surface area contributed by atoms with Crippen molar-refractivity contribution >= 4 is 27.5 Å². The quantitative estimate of drug-likeness (QED) is 0.918. The molecule has 1 N–H and O–H groups in total. The van der Waals surface area contributed by atoms with Gasteiger partial charge in [0.25, 0.3) is 10.0 Å². The molecule has 22 heavy (non-hydrogen) atoms. The van der Waals surface area contributed by atoms with E-state index in [-0.39, 0.29) is 16.5 Å². The van der Waals surface area contributed by atoms with E-state index in [4.69, 9.17) is 0 Å². The maximum atomic E-state index is 13.4. The van der Waals surface area contributed by atoms with Crippen LogP contribution >= 0.6 is 0 Å². The second-order valence-electron chi connectivity index (χ2n) is 4.59. The van der Waals surface area contributed by atoms with Crippen molar-refractivity contribution in [3.63, 3.8) is 0 Å². The Morgan fingerprint density at radius 2 is 2.09 bits per heavy atom. The van der Waals surface area contributed by atoms with Crippen LogP contribution in [0.1, 0.15) is 6.92 Å². The lowest BCUT2D eigenvalue weighted by Crippen LogP contribution is -2.39. The van der Waals surface area contributed by atoms with Gasteiger partial charge in [0.05, 0.1) is 5.69 Å². The number of nitrogens with one attached hydrogen (secondary N) is 1. The van der Waals surface area contributed by atoms with Gasteiger partial charge in [0.1, 0.15) is 16.5 Å². The van der Waals surface area contributed by atoms with Crippen LogP contribution in [-0.4, -0.2) is 25.9 Å². The molecule has 0 fully saturated rings. The lowest BCUT2D eigenvalue weighted by Gasteiger charge is -2.27. The fourth-order valence-corrected chi connectivity index (χ4v) is 3.28. The molecule has 0 saturated carbocycles. The molecular weight excluding hydrogens is 307 g/mol. The van der Waals surface area contributed by atoms with E-state index in [0.717, 1.165) is 12.1 Å². The fraction of sp³-hybridized carbons (Fsp3) is 0.143. The molecule has 1 aromatic heterocycles. The van der Waals surface area contributed by atoms with Crippen molar-refractivity contribution in [2.24, 2.45) is 4.40 Å². The Balaban J connectivity index is 2.08. The van der Waals surface area contributed by atoms with Gasteiger partial charge in [-0.05, 0) is 37.3 Å². The van der Waals surface area contributed by atoms with E-state index >= 15 is 0 Å². The first-order chi connectivity index (χ1) is 10.5. The highest BCUT2D eigenvalue weighted by molar-refractivity contribution is 7.90. The number of hydrogen-bond acceptors (Lipinski definition) is 5. The van der Waals surface area contributed by atoms with Crippen LogP contribution in [0.5, 0.6) is 0 Å². The van der Waals surface area contributed by atoms with Crippen molar-refractivity contribution in [2.75, 3.05) is 16.8 Å². The average molecular weight is 320 g/mol. The van der Waals surface area contributed by atoms with Crippen LogP contribution in [0, 0.1) is 5.82 Å². The third-order valence-corrected chi connectivity index (χ3v) is 4.50. The maximum Gasteiger partial charge on any atom is 0.287 e. The van der Waals surface area contributed by atoms with Gasteiger partial charge in [0.15, 0.2) is 0 Å². The average Bonchev–Trinajstić information content (AvgIpc) is 2.48. The number of hydrogen-bond donors (Lipinski definition) is 1. The van der Waals surface area contributed by atoms with Gasteiger partial charge >= 0.3 is 0 Å². The Morgan fingerprint density at radius 1 is 1.27 bits per heavy atom. The van der Waals surface area contributed by atoms with Crippen LogP contribution in [0.25, 0.3) is 0 Å². The number of rotatable bonds is 2. The molecule has 0 amide bonds. The van der Waals surface area contributed by atoms with Gasteiger partial charge in [-0.1, -0.05) is 6.07 Å². The van der Waals surface area contributed by atoms with Crippen LogP contribution in [-0.2, 0) is 10.0 Å². The van der Waals surface area contributed by atoms with Crippen LogP contribution in [0.15, 0.2) is 51.9 Å². The summed E-state index contributed by atoms with van der Waals surface area (Å²) in [5, 5.41) is 2.86. The molecule has 2 aromatic rings. The zero-order valence-corrected chi connectivity index (χ0v) is 12.5. The predicted octanol–water partition coefficient (Wildman–Crippen LogP) is 2.22. The molecule has 1 aliphatic rings. The van der Waals surface area contributed by atoms with E-state index in [2.05, 4.69) is 14.7 Å². The van der Waals surface area contributed by atoms with E-state index < -0.39 is 15.8 Å². The van der Waals surface area contributed by atoms with E-state index in [1.54, 1.807) is 29.3 Å². The molecule has 2 heterocycles. The first kappa shape index (κ1) is 14.5. The molecule has 0 atom stereocenters. The zero-order valence-electron chi connectivity index (χ0n) is 11.7. The number of anilines is 2. The molecule has 6 nitrogen and oxygen atoms in total. The smallest absolute Gasteiger partial charge is 0.287 e. The number of guanidine groups is 1. The van der Waals surface area contributed by atoms with Gasteiger partial charge < -0.3 is 5.32 Å². The SMILES string of the molecule is CCN(C1=NS(=O)(=O)c2ccc(F)cc2N1)c1ccccn1. The number of nitrogens with zero attached hydrogens (tertiary/aromatic N) is 3. The highest BCUT2D eigenvalue weighted by Crippen LogP contribution is 2.29. The topological polar surface area (TPSA) is 74.7 Å². The van der Waals surface area contributed by atoms with Crippen molar-refractivity contribution in [3.8, 4) is 0 Å². The lowest BCUT2D eigenvalue weighted by molar-refractivity contribution is 0.596. The molecule has 8 heteroatoms. The third-order valence-electron chi connectivity index (χ3n) is 3.17. The summed E-state index contributed by atoms with van der Waals surface area (Å²) in [6, 6.07) is 8.71. The van der Waals surface area contributed by atoms with Gasteiger partial charge in [-0.3, -0.25) is 4.90 Å². The normalized spacial score (nSPS) is 15.5. The maximum absolute atomic E-state index is 13.4. The zero-order chi connectivity index (χ0) is 15.7. The Morgan fingerprint density at radius 3 is 2.77 bits per heavy atom. The summed E-state index contributed by atoms with van der Waals surface area (Å²) in [7, 11) is -3.88. The summed E-state index contributed by atoms with van der Waals surface area (Å²) in [5.41, 5.74) is 0.166. The summed E-state index contributed by atoms with van der Waals surface area (Å²) in [5.74, 6) is 0.120. The number of halogens is 1. The standard InChI is InChI=1S/C14H13FN4O2S/c1-2-19(13-5-3-4-8-16-13)14-17-11-9-10(15)6-7-12(11)22(20,21)18-14/h3-9H,2H2,1H3,(H,17,18). The molecular formula is C14H13FN4O2S. The Kier molecular flexibility index (Phi) is 3.53. The van der Waals surface area contributed by atoms with Gasteiger partial charge in [0.2, 0.25) is 5.96 Å². The summed E-state index contributed by atoms with van der Waals surface area (Å²) >= 11 is 0.